The molecule has 1 aromatic rings. The first-order chi connectivity index (χ1) is 9.16. The van der Waals surface area contributed by atoms with Gasteiger partial charge in [-0.15, -0.1) is 0 Å². The third-order valence-corrected chi connectivity index (χ3v) is 4.35. The molecular formula is C15H24BrN3. The van der Waals surface area contributed by atoms with Gasteiger partial charge in [0.05, 0.1) is 0 Å². The molecule has 2 N–H and O–H groups in total. The summed E-state index contributed by atoms with van der Waals surface area (Å²) in [5, 5.41) is 6.95. The summed E-state index contributed by atoms with van der Waals surface area (Å²) in [6.07, 6.45) is 1.19. The van der Waals surface area contributed by atoms with E-state index in [1.54, 1.807) is 0 Å². The molecule has 1 saturated heterocycles. The minimum atomic E-state index is 0.655. The lowest BCUT2D eigenvalue weighted by atomic mass is 10.1. The summed E-state index contributed by atoms with van der Waals surface area (Å²) in [6, 6.07) is 7.04. The molecule has 0 spiro atoms. The Balaban J connectivity index is 1.77. The van der Waals surface area contributed by atoms with Crippen LogP contribution in [-0.4, -0.2) is 43.7 Å². The van der Waals surface area contributed by atoms with Crippen molar-refractivity contribution in [3.63, 3.8) is 0 Å². The molecule has 2 rings (SSSR count). The SMILES string of the molecule is Cc1ccc(Br)cc1NCCC(C)N1CCNCC1. The minimum Gasteiger partial charge on any atom is -0.385 e. The van der Waals surface area contributed by atoms with Crippen LogP contribution in [0.3, 0.4) is 0 Å². The summed E-state index contributed by atoms with van der Waals surface area (Å²) in [5.74, 6) is 0. The number of rotatable bonds is 5. The number of anilines is 1. The van der Waals surface area contributed by atoms with Crippen LogP contribution < -0.4 is 10.6 Å². The smallest absolute Gasteiger partial charge is 0.0381 e. The van der Waals surface area contributed by atoms with Crippen molar-refractivity contribution in [1.82, 2.24) is 10.2 Å². The summed E-state index contributed by atoms with van der Waals surface area (Å²) >= 11 is 3.52. The maximum atomic E-state index is 3.55. The van der Waals surface area contributed by atoms with Crippen LogP contribution in [0.2, 0.25) is 0 Å². The van der Waals surface area contributed by atoms with Crippen molar-refractivity contribution < 1.29 is 0 Å². The van der Waals surface area contributed by atoms with Gasteiger partial charge in [-0.05, 0) is 38.0 Å². The topological polar surface area (TPSA) is 27.3 Å². The summed E-state index contributed by atoms with van der Waals surface area (Å²) in [5.41, 5.74) is 2.54. The first-order valence-corrected chi connectivity index (χ1v) is 7.91. The van der Waals surface area contributed by atoms with Gasteiger partial charge in [-0.1, -0.05) is 22.0 Å². The summed E-state index contributed by atoms with van der Waals surface area (Å²) in [4.78, 5) is 2.58. The van der Waals surface area contributed by atoms with E-state index in [0.29, 0.717) is 6.04 Å². The van der Waals surface area contributed by atoms with Gasteiger partial charge in [0.25, 0.3) is 0 Å². The number of benzene rings is 1. The van der Waals surface area contributed by atoms with Gasteiger partial charge in [-0.2, -0.15) is 0 Å². The van der Waals surface area contributed by atoms with Crippen LogP contribution in [0.1, 0.15) is 18.9 Å². The van der Waals surface area contributed by atoms with Gasteiger partial charge in [0.2, 0.25) is 0 Å². The molecule has 1 fully saturated rings. The maximum absolute atomic E-state index is 3.55. The quantitative estimate of drug-likeness (QED) is 0.871. The van der Waals surface area contributed by atoms with E-state index in [1.165, 1.54) is 30.8 Å². The number of nitrogens with zero attached hydrogens (tertiary/aromatic N) is 1. The second-order valence-electron chi connectivity index (χ2n) is 5.31. The van der Waals surface area contributed by atoms with E-state index < -0.39 is 0 Å². The zero-order chi connectivity index (χ0) is 13.7. The van der Waals surface area contributed by atoms with Gasteiger partial charge in [0, 0.05) is 48.9 Å². The third kappa shape index (κ3) is 4.48. The van der Waals surface area contributed by atoms with Gasteiger partial charge in [-0.25, -0.2) is 0 Å². The summed E-state index contributed by atoms with van der Waals surface area (Å²) < 4.78 is 1.13. The monoisotopic (exact) mass is 325 g/mol. The highest BCUT2D eigenvalue weighted by atomic mass is 79.9. The van der Waals surface area contributed by atoms with Crippen LogP contribution >= 0.6 is 15.9 Å². The standard InChI is InChI=1S/C15H24BrN3/c1-12-3-4-14(16)11-15(12)18-6-5-13(2)19-9-7-17-8-10-19/h3-4,11,13,17-18H,5-10H2,1-2H3. The van der Waals surface area contributed by atoms with E-state index in [-0.39, 0.29) is 0 Å². The molecule has 106 valence electrons. The molecule has 1 aliphatic rings. The Kier molecular flexibility index (Phi) is 5.67. The first-order valence-electron chi connectivity index (χ1n) is 7.11. The molecule has 1 aliphatic heterocycles. The van der Waals surface area contributed by atoms with Crippen molar-refractivity contribution in [2.24, 2.45) is 0 Å². The molecule has 0 amide bonds. The van der Waals surface area contributed by atoms with Crippen molar-refractivity contribution in [1.29, 1.82) is 0 Å². The van der Waals surface area contributed by atoms with Gasteiger partial charge in [0.1, 0.15) is 0 Å². The minimum absolute atomic E-state index is 0.655. The highest BCUT2D eigenvalue weighted by molar-refractivity contribution is 9.10. The number of halogens is 1. The molecule has 0 aromatic heterocycles. The Labute approximate surface area is 124 Å². The van der Waals surface area contributed by atoms with Crippen molar-refractivity contribution in [3.8, 4) is 0 Å². The summed E-state index contributed by atoms with van der Waals surface area (Å²) in [6.45, 7) is 10.1. The van der Waals surface area contributed by atoms with Gasteiger partial charge < -0.3 is 10.6 Å². The second-order valence-corrected chi connectivity index (χ2v) is 6.23. The average Bonchev–Trinajstić information content (AvgIpc) is 2.43. The fraction of sp³-hybridized carbons (Fsp3) is 0.600. The van der Waals surface area contributed by atoms with Crippen molar-refractivity contribution in [3.05, 3.63) is 28.2 Å². The fourth-order valence-corrected chi connectivity index (χ4v) is 2.87. The first kappa shape index (κ1) is 14.8. The van der Waals surface area contributed by atoms with Crippen molar-refractivity contribution in [2.75, 3.05) is 38.0 Å². The van der Waals surface area contributed by atoms with E-state index in [9.17, 15) is 0 Å². The molecule has 0 radical (unpaired) electrons. The highest BCUT2D eigenvalue weighted by Crippen LogP contribution is 2.20. The van der Waals surface area contributed by atoms with E-state index in [1.807, 2.05) is 0 Å². The largest absolute Gasteiger partial charge is 0.385 e. The van der Waals surface area contributed by atoms with Crippen LogP contribution in [0, 0.1) is 6.92 Å². The third-order valence-electron chi connectivity index (χ3n) is 3.85. The van der Waals surface area contributed by atoms with Gasteiger partial charge >= 0.3 is 0 Å². The van der Waals surface area contributed by atoms with Gasteiger partial charge in [0.15, 0.2) is 0 Å². The summed E-state index contributed by atoms with van der Waals surface area (Å²) in [7, 11) is 0. The number of piperazine rings is 1. The molecule has 4 heteroatoms. The van der Waals surface area contributed by atoms with Crippen LogP contribution in [0.4, 0.5) is 5.69 Å². The predicted octanol–water partition coefficient (Wildman–Crippen LogP) is 2.85. The molecule has 19 heavy (non-hydrogen) atoms. The Morgan fingerprint density at radius 2 is 2.11 bits per heavy atom. The Bertz CT molecular complexity index is 402. The number of nitrogens with one attached hydrogen (secondary N) is 2. The molecule has 1 aromatic carbocycles. The number of hydrogen-bond acceptors (Lipinski definition) is 3. The Morgan fingerprint density at radius 1 is 1.37 bits per heavy atom. The molecule has 0 bridgehead atoms. The van der Waals surface area contributed by atoms with Crippen LogP contribution in [0.25, 0.3) is 0 Å². The molecule has 0 saturated carbocycles. The molecule has 0 aliphatic carbocycles. The van der Waals surface area contributed by atoms with Crippen LogP contribution in [-0.2, 0) is 0 Å². The predicted molar refractivity (Wildman–Crippen MR) is 85.9 cm³/mol. The van der Waals surface area contributed by atoms with Crippen LogP contribution in [0.15, 0.2) is 22.7 Å². The van der Waals surface area contributed by atoms with E-state index >= 15 is 0 Å². The zero-order valence-electron chi connectivity index (χ0n) is 11.9. The average molecular weight is 326 g/mol. The lowest BCUT2D eigenvalue weighted by Gasteiger charge is -2.33. The number of aryl methyl sites for hydroxylation is 1. The second kappa shape index (κ2) is 7.27. The van der Waals surface area contributed by atoms with Crippen molar-refractivity contribution in [2.45, 2.75) is 26.3 Å². The highest BCUT2D eigenvalue weighted by Gasteiger charge is 2.15. The zero-order valence-corrected chi connectivity index (χ0v) is 13.5. The maximum Gasteiger partial charge on any atom is 0.0381 e. The normalized spacial score (nSPS) is 18.3. The molecular weight excluding hydrogens is 302 g/mol. The Morgan fingerprint density at radius 3 is 2.84 bits per heavy atom. The van der Waals surface area contributed by atoms with Crippen LogP contribution in [0.5, 0.6) is 0 Å². The van der Waals surface area contributed by atoms with Crippen molar-refractivity contribution >= 4 is 21.6 Å². The van der Waals surface area contributed by atoms with Gasteiger partial charge in [-0.3, -0.25) is 4.90 Å². The van der Waals surface area contributed by atoms with E-state index in [4.69, 9.17) is 0 Å². The Hall–Kier alpha value is -0.580. The van der Waals surface area contributed by atoms with E-state index in [0.717, 1.165) is 24.1 Å². The molecule has 3 nitrogen and oxygen atoms in total. The molecule has 1 unspecified atom stereocenters. The lowest BCUT2D eigenvalue weighted by Crippen LogP contribution is -2.47. The van der Waals surface area contributed by atoms with E-state index in [2.05, 4.69) is 63.5 Å². The fourth-order valence-electron chi connectivity index (χ4n) is 2.51. The molecule has 1 atom stereocenters. The lowest BCUT2D eigenvalue weighted by molar-refractivity contribution is 0.179. The molecule has 1 heterocycles. The number of hydrogen-bond donors (Lipinski definition) is 2.